The highest BCUT2D eigenvalue weighted by atomic mass is 32.2. The van der Waals surface area contributed by atoms with Gasteiger partial charge in [0.25, 0.3) is 0 Å². The number of allylic oxidation sites excluding steroid dienone is 2. The molecule has 0 bridgehead atoms. The Morgan fingerprint density at radius 2 is 1.29 bits per heavy atom. The lowest BCUT2D eigenvalue weighted by Gasteiger charge is -2.31. The number of ether oxygens (including phenoxy) is 1. The van der Waals surface area contributed by atoms with Crippen LogP contribution in [0.2, 0.25) is 0 Å². The highest BCUT2D eigenvalue weighted by Gasteiger charge is 2.54. The fraction of sp³-hybridized carbons (Fsp3) is 0.493. The summed E-state index contributed by atoms with van der Waals surface area (Å²) >= 11 is 0. The molecule has 0 fully saturated rings. The number of nitrogens with two attached hydrogens (primary N) is 2. The Morgan fingerprint density at radius 1 is 0.674 bits per heavy atom. The number of methoxy groups -OCH3 is 1. The van der Waals surface area contributed by atoms with Gasteiger partial charge in [-0.25, -0.2) is 8.42 Å². The Labute approximate surface area is 541 Å². The molecule has 2 aliphatic heterocycles. The summed E-state index contributed by atoms with van der Waals surface area (Å²) in [7, 11) is -1.95. The summed E-state index contributed by atoms with van der Waals surface area (Å²) < 4.78 is 66.5. The summed E-state index contributed by atoms with van der Waals surface area (Å²) in [6, 6.07) is 23.2. The number of aromatic nitrogens is 1. The van der Waals surface area contributed by atoms with Gasteiger partial charge in [0.2, 0.25) is 35.4 Å². The second-order valence-electron chi connectivity index (χ2n) is 24.2. The number of phenols is 1. The van der Waals surface area contributed by atoms with E-state index in [2.05, 4.69) is 26.6 Å². The minimum absolute atomic E-state index is 0.00363. The number of nitrogens with zero attached hydrogens (tertiary/aromatic N) is 2. The number of carbonyl (C=O) groups is 6. The van der Waals surface area contributed by atoms with Gasteiger partial charge in [-0.1, -0.05) is 107 Å². The molecule has 92 heavy (non-hydrogen) atoms. The van der Waals surface area contributed by atoms with E-state index in [0.29, 0.717) is 123 Å². The third-order valence-electron chi connectivity index (χ3n) is 17.0. The van der Waals surface area contributed by atoms with E-state index in [1.54, 1.807) is 74.7 Å². The number of hydrogen-bond acceptors (Lipinski definition) is 11. The number of aromatic hydroxyl groups is 1. The number of carbonyl (C=O) groups excluding carboxylic acids is 6. The summed E-state index contributed by atoms with van der Waals surface area (Å²) in [6.45, 7) is 1.96. The van der Waals surface area contributed by atoms with Crippen molar-refractivity contribution in [3.8, 4) is 22.8 Å². The summed E-state index contributed by atoms with van der Waals surface area (Å²) in [5.74, 6) is -1.61. The number of benzene rings is 3. The zero-order chi connectivity index (χ0) is 66.6. The Hall–Kier alpha value is -7.92. The largest absolute Gasteiger partial charge is 0.737 e. The summed E-state index contributed by atoms with van der Waals surface area (Å²) in [5.41, 5.74) is 17.2. The number of amides is 6. The number of rotatable bonds is 42. The average molecular weight is 1290 g/mol. The zero-order valence-electron chi connectivity index (χ0n) is 54.0. The van der Waals surface area contributed by atoms with Crippen molar-refractivity contribution in [2.24, 2.45) is 11.5 Å². The lowest BCUT2D eigenvalue weighted by atomic mass is 9.89. The van der Waals surface area contributed by atoms with Crippen LogP contribution in [0.3, 0.4) is 0 Å². The number of halogens is 2. The fourth-order valence-electron chi connectivity index (χ4n) is 11.7. The minimum atomic E-state index is -4.24. The SMILES string of the molecule is CCC[C@H](N)C(=O)N[C@H](/C=C/S(=O)(=O)CCCCCCCCCCC(=O)N[C@@H](CCCCNC(=O)CCCCCNC(=O)CCC1=C(C)C2=Cc3ccc(-c4ccc(OC)cc4)n3[B-](F)(F)[N+]2=C1C)C(=O)N[C@@H](Cc1ccc(O)cc1)C(N)=O)CCc1ccccc1. The summed E-state index contributed by atoms with van der Waals surface area (Å²) in [4.78, 5) is 78.0. The highest BCUT2D eigenvalue weighted by Crippen LogP contribution is 2.41. The summed E-state index contributed by atoms with van der Waals surface area (Å²) in [5, 5.41) is 25.3. The van der Waals surface area contributed by atoms with E-state index in [9.17, 15) is 42.3 Å². The maximum absolute atomic E-state index is 16.5. The topological polar surface area (TPSA) is 286 Å². The van der Waals surface area contributed by atoms with Gasteiger partial charge in [0.1, 0.15) is 29.3 Å². The predicted molar refractivity (Wildman–Crippen MR) is 358 cm³/mol. The molecule has 2 aliphatic rings. The van der Waals surface area contributed by atoms with Crippen molar-refractivity contribution in [3.63, 3.8) is 0 Å². The van der Waals surface area contributed by atoms with Crippen molar-refractivity contribution in [2.75, 3.05) is 26.0 Å². The molecule has 0 saturated heterocycles. The Morgan fingerprint density at radius 3 is 1.95 bits per heavy atom. The van der Waals surface area contributed by atoms with E-state index in [4.69, 9.17) is 16.2 Å². The second-order valence-corrected chi connectivity index (χ2v) is 26.2. The molecule has 0 saturated carbocycles. The molecule has 19 nitrogen and oxygen atoms in total. The molecule has 0 aliphatic carbocycles. The van der Waals surface area contributed by atoms with Crippen LogP contribution in [0.5, 0.6) is 11.5 Å². The molecule has 500 valence electrons. The highest BCUT2D eigenvalue weighted by molar-refractivity contribution is 7.94. The van der Waals surface area contributed by atoms with E-state index in [1.807, 2.05) is 44.2 Å². The summed E-state index contributed by atoms with van der Waals surface area (Å²) in [6.07, 6.45) is 16.1. The first-order valence-corrected chi connectivity index (χ1v) is 34.5. The maximum atomic E-state index is 16.5. The average Bonchev–Trinajstić information content (AvgIpc) is 1.55. The fourth-order valence-corrected chi connectivity index (χ4v) is 12.9. The van der Waals surface area contributed by atoms with Crippen molar-refractivity contribution in [2.45, 2.75) is 193 Å². The smallest absolute Gasteiger partial charge is 0.508 e. The molecule has 0 unspecified atom stereocenters. The quantitative estimate of drug-likeness (QED) is 0.0153. The van der Waals surface area contributed by atoms with E-state index >= 15 is 8.63 Å². The molecule has 4 aromatic rings. The van der Waals surface area contributed by atoms with Gasteiger partial charge in [-0.05, 0) is 143 Å². The van der Waals surface area contributed by atoms with Gasteiger partial charge < -0.3 is 65.5 Å². The van der Waals surface area contributed by atoms with Crippen molar-refractivity contribution in [1.82, 2.24) is 31.1 Å². The number of hydrogen-bond donors (Lipinski definition) is 8. The van der Waals surface area contributed by atoms with Crippen LogP contribution in [0.25, 0.3) is 17.3 Å². The van der Waals surface area contributed by atoms with Crippen LogP contribution < -0.4 is 42.8 Å². The molecule has 10 N–H and O–H groups in total. The monoisotopic (exact) mass is 1290 g/mol. The molecule has 0 spiro atoms. The Kier molecular flexibility index (Phi) is 29.4. The number of unbranched alkanes of at least 4 members (excludes halogenated alkanes) is 10. The normalized spacial score (nSPS) is 14.8. The van der Waals surface area contributed by atoms with Gasteiger partial charge in [0.15, 0.2) is 15.5 Å². The molecule has 6 amide bonds. The first-order valence-electron chi connectivity index (χ1n) is 32.7. The second kappa shape index (κ2) is 37.0. The van der Waals surface area contributed by atoms with Crippen molar-refractivity contribution < 1.29 is 60.1 Å². The molecule has 3 aromatic carbocycles. The first kappa shape index (κ1) is 73.1. The van der Waals surface area contributed by atoms with Gasteiger partial charge in [0, 0.05) is 85.8 Å². The van der Waals surface area contributed by atoms with Crippen LogP contribution in [-0.2, 0) is 51.4 Å². The van der Waals surface area contributed by atoms with E-state index in [-0.39, 0.29) is 67.2 Å². The zero-order valence-corrected chi connectivity index (χ0v) is 54.8. The molecule has 3 heterocycles. The first-order chi connectivity index (χ1) is 44.1. The van der Waals surface area contributed by atoms with Gasteiger partial charge in [-0.15, -0.1) is 0 Å². The van der Waals surface area contributed by atoms with Crippen LogP contribution in [-0.4, -0.2) is 121 Å². The van der Waals surface area contributed by atoms with Crippen LogP contribution in [0, 0.1) is 0 Å². The number of fused-ring (bicyclic) bond motifs is 2. The molecule has 1 aromatic heterocycles. The Bertz CT molecular complexity index is 3350. The number of phenolic OH excluding ortho intramolecular Hbond substituents is 1. The van der Waals surface area contributed by atoms with Crippen LogP contribution in [0.15, 0.2) is 119 Å². The van der Waals surface area contributed by atoms with Crippen LogP contribution in [0.4, 0.5) is 8.63 Å². The molecular formula is C69H96BF2N9O10S. The minimum Gasteiger partial charge on any atom is -0.508 e. The number of primary amides is 1. The standard InChI is InChI=1S/C69H96BF2N9O10S/c1-5-22-59(73)68(87)77-54(33-28-51-23-14-12-15-24-51)42-46-92(89,90)45-21-11-9-7-6-8-10-16-27-66(85)78-60(69(88)79-61(67(74)86)47-52-29-35-56(82)36-30-52)25-18-20-44-75-64(83)26-17-13-19-43-76-65(84)41-39-58-49(2)63-48-55-34-40-62(53-31-37-57(91-4)38-32-53)81(55)70(71,72)80(63)50(58)3/h12,14-15,23-24,29-32,34-38,40,42,46,48,54,59-61,82H,5-11,13,16-22,25-28,33,39,41,43-45,47,73H2,1-4H3,(H2,74,86)(H,75,83)(H,76,84)(H,77,87)(H,78,85)(H,79,88)/b46-42+/t54-,59-,60-,61-/m0/s1. The maximum Gasteiger partial charge on any atom is 0.737 e. The van der Waals surface area contributed by atoms with Crippen LogP contribution in [0.1, 0.15) is 172 Å². The Balaban J connectivity index is 0.857. The van der Waals surface area contributed by atoms with Crippen LogP contribution >= 0.6 is 0 Å². The molecular weight excluding hydrogens is 1200 g/mol. The van der Waals surface area contributed by atoms with Gasteiger partial charge in [-0.2, -0.15) is 0 Å². The van der Waals surface area contributed by atoms with Gasteiger partial charge in [0.05, 0.1) is 18.9 Å². The van der Waals surface area contributed by atoms with Gasteiger partial charge >= 0.3 is 6.97 Å². The van der Waals surface area contributed by atoms with Gasteiger partial charge in [-0.3, -0.25) is 28.8 Å². The number of nitrogens with one attached hydrogen (secondary N) is 5. The molecule has 4 atom stereocenters. The lowest BCUT2D eigenvalue weighted by Crippen LogP contribution is -2.53. The third-order valence-corrected chi connectivity index (χ3v) is 18.5. The predicted octanol–water partition coefficient (Wildman–Crippen LogP) is 9.38. The lowest BCUT2D eigenvalue weighted by molar-refractivity contribution is -0.362. The molecule has 6 rings (SSSR count). The number of sulfone groups is 1. The van der Waals surface area contributed by atoms with E-state index in [0.717, 1.165) is 70.6 Å². The molecule has 0 radical (unpaired) electrons. The number of aryl methyl sites for hydroxylation is 1. The third kappa shape index (κ3) is 23.0. The van der Waals surface area contributed by atoms with E-state index in [1.165, 1.54) is 17.5 Å². The van der Waals surface area contributed by atoms with Crippen molar-refractivity contribution >= 4 is 64.0 Å². The van der Waals surface area contributed by atoms with E-state index < -0.39 is 52.8 Å². The van der Waals surface area contributed by atoms with Crippen molar-refractivity contribution in [3.05, 3.63) is 136 Å². The molecule has 23 heteroatoms. The van der Waals surface area contributed by atoms with Crippen molar-refractivity contribution in [1.29, 1.82) is 0 Å².